The molecular weight excluding hydrogens is 222 g/mol. The number of rotatable bonds is 5. The zero-order chi connectivity index (χ0) is 12.1. The van der Waals surface area contributed by atoms with Crippen LogP contribution in [0.4, 0.5) is 0 Å². The molecule has 0 bridgehead atoms. The van der Waals surface area contributed by atoms with Crippen molar-refractivity contribution >= 4 is 17.2 Å². The Bertz CT molecular complexity index is 349. The van der Waals surface area contributed by atoms with Crippen LogP contribution in [0.3, 0.4) is 0 Å². The van der Waals surface area contributed by atoms with Gasteiger partial charge in [0.1, 0.15) is 5.01 Å². The third-order valence-electron chi connectivity index (χ3n) is 2.29. The highest BCUT2D eigenvalue weighted by Crippen LogP contribution is 2.22. The fourth-order valence-corrected chi connectivity index (χ4v) is 2.26. The van der Waals surface area contributed by atoms with Crippen LogP contribution >= 0.6 is 11.3 Å². The average molecular weight is 241 g/mol. The highest BCUT2D eigenvalue weighted by atomic mass is 32.1. The summed E-state index contributed by atoms with van der Waals surface area (Å²) in [6.45, 7) is 6.69. The fraction of sp³-hybridized carbons (Fsp3) is 0.636. The molecule has 0 aromatic carbocycles. The lowest BCUT2D eigenvalue weighted by Gasteiger charge is -2.11. The first-order valence-corrected chi connectivity index (χ1v) is 6.39. The predicted molar refractivity (Wildman–Crippen MR) is 66.3 cm³/mol. The van der Waals surface area contributed by atoms with Crippen molar-refractivity contribution in [1.82, 2.24) is 10.3 Å². The van der Waals surface area contributed by atoms with Crippen molar-refractivity contribution in [3.05, 3.63) is 16.1 Å². The molecule has 90 valence electrons. The Kier molecular flexibility index (Phi) is 4.89. The lowest BCUT2D eigenvalue weighted by molar-refractivity contribution is -0.120. The number of carbonyl (C=O) groups is 1. The molecule has 1 amide bonds. The second-order valence-corrected chi connectivity index (χ2v) is 4.97. The van der Waals surface area contributed by atoms with Gasteiger partial charge in [0.05, 0.1) is 18.2 Å². The molecule has 5 heteroatoms. The third kappa shape index (κ3) is 3.57. The molecule has 16 heavy (non-hydrogen) atoms. The molecule has 0 fully saturated rings. The smallest absolute Gasteiger partial charge is 0.226 e. The SMILES string of the molecule is CCNC(=O)Cc1csc(C(N)C(C)C)n1. The van der Waals surface area contributed by atoms with E-state index in [4.69, 9.17) is 5.73 Å². The zero-order valence-electron chi connectivity index (χ0n) is 9.99. The minimum Gasteiger partial charge on any atom is -0.356 e. The van der Waals surface area contributed by atoms with Gasteiger partial charge in [-0.3, -0.25) is 4.79 Å². The fourth-order valence-electron chi connectivity index (χ4n) is 1.27. The van der Waals surface area contributed by atoms with Crippen LogP contribution in [-0.2, 0) is 11.2 Å². The van der Waals surface area contributed by atoms with Crippen LogP contribution in [0.5, 0.6) is 0 Å². The van der Waals surface area contributed by atoms with Crippen molar-refractivity contribution in [1.29, 1.82) is 0 Å². The molecule has 1 rings (SSSR count). The van der Waals surface area contributed by atoms with Gasteiger partial charge in [-0.2, -0.15) is 0 Å². The van der Waals surface area contributed by atoms with E-state index in [-0.39, 0.29) is 11.9 Å². The number of aromatic nitrogens is 1. The van der Waals surface area contributed by atoms with E-state index in [1.54, 1.807) is 0 Å². The Labute approximate surface area is 100 Å². The number of amides is 1. The van der Waals surface area contributed by atoms with Gasteiger partial charge in [0.15, 0.2) is 0 Å². The molecule has 0 aliphatic heterocycles. The Balaban J connectivity index is 2.61. The summed E-state index contributed by atoms with van der Waals surface area (Å²) in [5.41, 5.74) is 6.80. The van der Waals surface area contributed by atoms with Crippen LogP contribution in [0.15, 0.2) is 5.38 Å². The molecule has 1 aromatic rings. The summed E-state index contributed by atoms with van der Waals surface area (Å²) in [4.78, 5) is 15.7. The van der Waals surface area contributed by atoms with Crippen molar-refractivity contribution in [2.45, 2.75) is 33.2 Å². The van der Waals surface area contributed by atoms with E-state index in [1.807, 2.05) is 12.3 Å². The highest BCUT2D eigenvalue weighted by molar-refractivity contribution is 7.09. The first kappa shape index (κ1) is 13.1. The molecular formula is C11H19N3OS. The maximum atomic E-state index is 11.3. The maximum absolute atomic E-state index is 11.3. The van der Waals surface area contributed by atoms with Crippen LogP contribution in [0, 0.1) is 5.92 Å². The largest absolute Gasteiger partial charge is 0.356 e. The Morgan fingerprint density at radius 3 is 2.88 bits per heavy atom. The van der Waals surface area contributed by atoms with Gasteiger partial charge in [-0.05, 0) is 12.8 Å². The van der Waals surface area contributed by atoms with Crippen LogP contribution in [-0.4, -0.2) is 17.4 Å². The molecule has 1 aromatic heterocycles. The average Bonchev–Trinajstić information content (AvgIpc) is 2.65. The summed E-state index contributed by atoms with van der Waals surface area (Å²) in [7, 11) is 0. The van der Waals surface area contributed by atoms with Gasteiger partial charge in [-0.1, -0.05) is 13.8 Å². The summed E-state index contributed by atoms with van der Waals surface area (Å²) in [5.74, 6) is 0.376. The van der Waals surface area contributed by atoms with Crippen LogP contribution in [0.2, 0.25) is 0 Å². The number of nitrogens with two attached hydrogens (primary N) is 1. The quantitative estimate of drug-likeness (QED) is 0.820. The second-order valence-electron chi connectivity index (χ2n) is 4.08. The molecule has 1 unspecified atom stereocenters. The van der Waals surface area contributed by atoms with E-state index in [0.29, 0.717) is 18.9 Å². The summed E-state index contributed by atoms with van der Waals surface area (Å²) >= 11 is 1.53. The molecule has 3 N–H and O–H groups in total. The standard InChI is InChI=1S/C11H19N3OS/c1-4-13-9(15)5-8-6-16-11(14-8)10(12)7(2)3/h6-7,10H,4-5,12H2,1-3H3,(H,13,15). The van der Waals surface area contributed by atoms with E-state index >= 15 is 0 Å². The predicted octanol–water partition coefficient (Wildman–Crippen LogP) is 1.48. The number of thiazole rings is 1. The monoisotopic (exact) mass is 241 g/mol. The van der Waals surface area contributed by atoms with Gasteiger partial charge >= 0.3 is 0 Å². The van der Waals surface area contributed by atoms with E-state index in [0.717, 1.165) is 10.7 Å². The van der Waals surface area contributed by atoms with Crippen molar-refractivity contribution in [2.75, 3.05) is 6.54 Å². The minimum absolute atomic E-state index is 0.0115. The summed E-state index contributed by atoms with van der Waals surface area (Å²) in [5, 5.41) is 5.57. The molecule has 4 nitrogen and oxygen atoms in total. The summed E-state index contributed by atoms with van der Waals surface area (Å²) in [6.07, 6.45) is 0.342. The Hall–Kier alpha value is -0.940. The number of hydrogen-bond donors (Lipinski definition) is 2. The van der Waals surface area contributed by atoms with E-state index in [1.165, 1.54) is 11.3 Å². The molecule has 0 saturated carbocycles. The lowest BCUT2D eigenvalue weighted by atomic mass is 10.1. The Morgan fingerprint density at radius 1 is 1.62 bits per heavy atom. The normalized spacial score (nSPS) is 12.8. The molecule has 1 atom stereocenters. The van der Waals surface area contributed by atoms with Crippen LogP contribution < -0.4 is 11.1 Å². The topological polar surface area (TPSA) is 68.0 Å². The van der Waals surface area contributed by atoms with Gasteiger partial charge < -0.3 is 11.1 Å². The molecule has 0 saturated heterocycles. The van der Waals surface area contributed by atoms with Crippen molar-refractivity contribution < 1.29 is 4.79 Å². The molecule has 0 spiro atoms. The van der Waals surface area contributed by atoms with Crippen molar-refractivity contribution in [3.8, 4) is 0 Å². The van der Waals surface area contributed by atoms with Crippen LogP contribution in [0.1, 0.15) is 37.5 Å². The second kappa shape index (κ2) is 5.96. The number of hydrogen-bond acceptors (Lipinski definition) is 4. The van der Waals surface area contributed by atoms with Gasteiger partial charge in [0.2, 0.25) is 5.91 Å². The van der Waals surface area contributed by atoms with E-state index in [2.05, 4.69) is 24.1 Å². The van der Waals surface area contributed by atoms with Gasteiger partial charge in [-0.15, -0.1) is 11.3 Å². The number of carbonyl (C=O) groups excluding carboxylic acids is 1. The van der Waals surface area contributed by atoms with Gasteiger partial charge in [0, 0.05) is 11.9 Å². The zero-order valence-corrected chi connectivity index (χ0v) is 10.8. The highest BCUT2D eigenvalue weighted by Gasteiger charge is 2.15. The number of nitrogens with one attached hydrogen (secondary N) is 1. The first-order chi connectivity index (χ1) is 7.54. The van der Waals surface area contributed by atoms with Gasteiger partial charge in [0.25, 0.3) is 0 Å². The first-order valence-electron chi connectivity index (χ1n) is 5.51. The molecule has 0 radical (unpaired) electrons. The van der Waals surface area contributed by atoms with Gasteiger partial charge in [-0.25, -0.2) is 4.98 Å². The maximum Gasteiger partial charge on any atom is 0.226 e. The van der Waals surface area contributed by atoms with Crippen molar-refractivity contribution in [3.63, 3.8) is 0 Å². The number of nitrogens with zero attached hydrogens (tertiary/aromatic N) is 1. The van der Waals surface area contributed by atoms with Crippen molar-refractivity contribution in [2.24, 2.45) is 11.7 Å². The molecule has 0 aliphatic rings. The summed E-state index contributed by atoms with van der Waals surface area (Å²) in [6, 6.07) is -0.0343. The summed E-state index contributed by atoms with van der Waals surface area (Å²) < 4.78 is 0. The third-order valence-corrected chi connectivity index (χ3v) is 3.28. The van der Waals surface area contributed by atoms with E-state index in [9.17, 15) is 4.79 Å². The lowest BCUT2D eigenvalue weighted by Crippen LogP contribution is -2.24. The molecule has 0 aliphatic carbocycles. The molecule has 1 heterocycles. The minimum atomic E-state index is -0.0343. The van der Waals surface area contributed by atoms with Crippen LogP contribution in [0.25, 0.3) is 0 Å². The number of likely N-dealkylation sites (N-methyl/N-ethyl adjacent to an activating group) is 1. The van der Waals surface area contributed by atoms with E-state index < -0.39 is 0 Å². The Morgan fingerprint density at radius 2 is 2.31 bits per heavy atom.